The van der Waals surface area contributed by atoms with Gasteiger partial charge in [-0.2, -0.15) is 0 Å². The van der Waals surface area contributed by atoms with Crippen molar-refractivity contribution in [3.63, 3.8) is 0 Å². The lowest BCUT2D eigenvalue weighted by Gasteiger charge is -2.25. The van der Waals surface area contributed by atoms with Gasteiger partial charge in [-0.3, -0.25) is 4.98 Å². The third-order valence-corrected chi connectivity index (χ3v) is 2.47. The SMILES string of the molecule is CC(C)(C)C(O)CCc1cncc(F)c1. The van der Waals surface area contributed by atoms with E-state index in [1.807, 2.05) is 20.8 Å². The van der Waals surface area contributed by atoms with E-state index in [1.165, 1.54) is 12.3 Å². The van der Waals surface area contributed by atoms with Gasteiger partial charge < -0.3 is 5.11 Å². The summed E-state index contributed by atoms with van der Waals surface area (Å²) < 4.78 is 12.8. The molecule has 1 unspecified atom stereocenters. The molecule has 3 heteroatoms. The number of hydrogen-bond acceptors (Lipinski definition) is 2. The number of halogens is 1. The van der Waals surface area contributed by atoms with Gasteiger partial charge in [0, 0.05) is 6.20 Å². The summed E-state index contributed by atoms with van der Waals surface area (Å²) in [5.74, 6) is -0.322. The molecule has 15 heavy (non-hydrogen) atoms. The zero-order valence-corrected chi connectivity index (χ0v) is 9.50. The van der Waals surface area contributed by atoms with E-state index in [-0.39, 0.29) is 17.3 Å². The number of aryl methyl sites for hydroxylation is 1. The first-order chi connectivity index (χ1) is 6.89. The van der Waals surface area contributed by atoms with Gasteiger partial charge in [0.1, 0.15) is 5.82 Å². The molecule has 0 amide bonds. The maximum Gasteiger partial charge on any atom is 0.141 e. The monoisotopic (exact) mass is 211 g/mol. The number of aliphatic hydroxyl groups is 1. The van der Waals surface area contributed by atoms with Crippen LogP contribution in [0.1, 0.15) is 32.8 Å². The van der Waals surface area contributed by atoms with E-state index in [9.17, 15) is 9.50 Å². The summed E-state index contributed by atoms with van der Waals surface area (Å²) in [4.78, 5) is 3.77. The highest BCUT2D eigenvalue weighted by atomic mass is 19.1. The second-order valence-corrected chi connectivity index (χ2v) is 4.93. The van der Waals surface area contributed by atoms with Crippen LogP contribution in [0.3, 0.4) is 0 Å². The number of nitrogens with zero attached hydrogens (tertiary/aromatic N) is 1. The molecule has 1 N–H and O–H groups in total. The predicted molar refractivity (Wildman–Crippen MR) is 58.0 cm³/mol. The topological polar surface area (TPSA) is 33.1 Å². The van der Waals surface area contributed by atoms with E-state index in [0.717, 1.165) is 5.56 Å². The Labute approximate surface area is 90.2 Å². The molecule has 1 atom stereocenters. The lowest BCUT2D eigenvalue weighted by Crippen LogP contribution is -2.26. The molecule has 1 aromatic heterocycles. The van der Waals surface area contributed by atoms with Crippen molar-refractivity contribution in [2.45, 2.75) is 39.7 Å². The molecule has 84 valence electrons. The number of pyridine rings is 1. The van der Waals surface area contributed by atoms with Gasteiger partial charge in [0.25, 0.3) is 0 Å². The molecule has 1 rings (SSSR count). The Morgan fingerprint density at radius 1 is 1.40 bits per heavy atom. The number of aliphatic hydroxyl groups excluding tert-OH is 1. The van der Waals surface area contributed by atoms with Gasteiger partial charge in [-0.05, 0) is 29.9 Å². The van der Waals surface area contributed by atoms with Gasteiger partial charge in [0.15, 0.2) is 0 Å². The second-order valence-electron chi connectivity index (χ2n) is 4.93. The summed E-state index contributed by atoms with van der Waals surface area (Å²) in [5.41, 5.74) is 0.708. The third-order valence-electron chi connectivity index (χ3n) is 2.47. The van der Waals surface area contributed by atoms with E-state index in [0.29, 0.717) is 12.8 Å². The molecular weight excluding hydrogens is 193 g/mol. The summed E-state index contributed by atoms with van der Waals surface area (Å²) >= 11 is 0. The van der Waals surface area contributed by atoms with Crippen molar-refractivity contribution < 1.29 is 9.50 Å². The van der Waals surface area contributed by atoms with Crippen LogP contribution in [0.2, 0.25) is 0 Å². The highest BCUT2D eigenvalue weighted by molar-refractivity contribution is 5.10. The molecule has 0 saturated carbocycles. The Morgan fingerprint density at radius 2 is 2.07 bits per heavy atom. The third kappa shape index (κ3) is 3.96. The van der Waals surface area contributed by atoms with Crippen molar-refractivity contribution in [3.05, 3.63) is 29.8 Å². The molecule has 0 aliphatic carbocycles. The minimum atomic E-state index is -0.374. The largest absolute Gasteiger partial charge is 0.393 e. The van der Waals surface area contributed by atoms with Crippen LogP contribution in [0.25, 0.3) is 0 Å². The second kappa shape index (κ2) is 4.71. The molecule has 0 aliphatic rings. The van der Waals surface area contributed by atoms with Crippen molar-refractivity contribution in [1.82, 2.24) is 4.98 Å². The fourth-order valence-electron chi connectivity index (χ4n) is 1.33. The lowest BCUT2D eigenvalue weighted by atomic mass is 9.86. The summed E-state index contributed by atoms with van der Waals surface area (Å²) in [5, 5.41) is 9.80. The molecule has 0 radical (unpaired) electrons. The first kappa shape index (κ1) is 12.1. The van der Waals surface area contributed by atoms with E-state index in [2.05, 4.69) is 4.98 Å². The van der Waals surface area contributed by atoms with E-state index < -0.39 is 0 Å². The van der Waals surface area contributed by atoms with Crippen LogP contribution in [0, 0.1) is 11.2 Å². The van der Waals surface area contributed by atoms with Crippen molar-refractivity contribution in [3.8, 4) is 0 Å². The van der Waals surface area contributed by atoms with Gasteiger partial charge >= 0.3 is 0 Å². The first-order valence-electron chi connectivity index (χ1n) is 5.17. The summed E-state index contributed by atoms with van der Waals surface area (Å²) in [6.45, 7) is 5.96. The lowest BCUT2D eigenvalue weighted by molar-refractivity contribution is 0.0559. The molecule has 0 saturated heterocycles. The highest BCUT2D eigenvalue weighted by Gasteiger charge is 2.21. The number of aromatic nitrogens is 1. The Hall–Kier alpha value is -0.960. The minimum Gasteiger partial charge on any atom is -0.393 e. The van der Waals surface area contributed by atoms with Gasteiger partial charge in [-0.25, -0.2) is 4.39 Å². The quantitative estimate of drug-likeness (QED) is 0.833. The average Bonchev–Trinajstić information content (AvgIpc) is 2.12. The van der Waals surface area contributed by atoms with E-state index in [1.54, 1.807) is 6.20 Å². The highest BCUT2D eigenvalue weighted by Crippen LogP contribution is 2.22. The minimum absolute atomic E-state index is 0.124. The molecular formula is C12H18FNO. The smallest absolute Gasteiger partial charge is 0.141 e. The van der Waals surface area contributed by atoms with Crippen LogP contribution in [-0.4, -0.2) is 16.2 Å². The molecule has 0 spiro atoms. The van der Waals surface area contributed by atoms with Crippen LogP contribution < -0.4 is 0 Å². The van der Waals surface area contributed by atoms with Crippen molar-refractivity contribution in [2.24, 2.45) is 5.41 Å². The zero-order valence-electron chi connectivity index (χ0n) is 9.50. The number of hydrogen-bond donors (Lipinski definition) is 1. The maximum absolute atomic E-state index is 12.8. The van der Waals surface area contributed by atoms with Crippen LogP contribution >= 0.6 is 0 Å². The molecule has 0 aliphatic heterocycles. The molecule has 1 aromatic rings. The Bertz CT molecular complexity index is 320. The Kier molecular flexibility index (Phi) is 3.80. The van der Waals surface area contributed by atoms with Crippen LogP contribution in [0.15, 0.2) is 18.5 Å². The van der Waals surface area contributed by atoms with Crippen molar-refractivity contribution in [1.29, 1.82) is 0 Å². The Morgan fingerprint density at radius 3 is 2.60 bits per heavy atom. The standard InChI is InChI=1S/C12H18FNO/c1-12(2,3)11(15)5-4-9-6-10(13)8-14-7-9/h6-8,11,15H,4-5H2,1-3H3. The van der Waals surface area contributed by atoms with Crippen molar-refractivity contribution >= 4 is 0 Å². The van der Waals surface area contributed by atoms with Gasteiger partial charge in [-0.15, -0.1) is 0 Å². The summed E-state index contributed by atoms with van der Waals surface area (Å²) in [6, 6.07) is 1.46. The summed E-state index contributed by atoms with van der Waals surface area (Å²) in [6.07, 6.45) is 3.74. The van der Waals surface area contributed by atoms with Crippen LogP contribution in [0.5, 0.6) is 0 Å². The van der Waals surface area contributed by atoms with Gasteiger partial charge in [-0.1, -0.05) is 20.8 Å². The van der Waals surface area contributed by atoms with Crippen LogP contribution in [-0.2, 0) is 6.42 Å². The zero-order chi connectivity index (χ0) is 11.5. The molecule has 0 fully saturated rings. The average molecular weight is 211 g/mol. The molecule has 1 heterocycles. The van der Waals surface area contributed by atoms with E-state index in [4.69, 9.17) is 0 Å². The molecule has 0 bridgehead atoms. The maximum atomic E-state index is 12.8. The van der Waals surface area contributed by atoms with Gasteiger partial charge in [0.05, 0.1) is 12.3 Å². The fourth-order valence-corrected chi connectivity index (χ4v) is 1.33. The summed E-state index contributed by atoms with van der Waals surface area (Å²) in [7, 11) is 0. The fraction of sp³-hybridized carbons (Fsp3) is 0.583. The number of rotatable bonds is 3. The Balaban J connectivity index is 2.51. The predicted octanol–water partition coefficient (Wildman–Crippen LogP) is 2.56. The molecule has 0 aromatic carbocycles. The van der Waals surface area contributed by atoms with Crippen LogP contribution in [0.4, 0.5) is 4.39 Å². The van der Waals surface area contributed by atoms with Gasteiger partial charge in [0.2, 0.25) is 0 Å². The van der Waals surface area contributed by atoms with Crippen molar-refractivity contribution in [2.75, 3.05) is 0 Å². The molecule has 2 nitrogen and oxygen atoms in total. The first-order valence-corrected chi connectivity index (χ1v) is 5.17. The van der Waals surface area contributed by atoms with E-state index >= 15 is 0 Å². The normalized spacial score (nSPS) is 13.9.